The number of hydrogen-bond donors (Lipinski definition) is 2. The molecule has 0 fully saturated rings. The fourth-order valence-electron chi connectivity index (χ4n) is 2.71. The molecule has 0 radical (unpaired) electrons. The van der Waals surface area contributed by atoms with Crippen LogP contribution in [0, 0.1) is 5.82 Å². The quantitative estimate of drug-likeness (QED) is 0.548. The molecular formula is C21H15FN2O4. The van der Waals surface area contributed by atoms with E-state index in [9.17, 15) is 14.0 Å². The van der Waals surface area contributed by atoms with Gasteiger partial charge in [-0.1, -0.05) is 24.3 Å². The number of halogens is 1. The summed E-state index contributed by atoms with van der Waals surface area (Å²) >= 11 is 0. The summed E-state index contributed by atoms with van der Waals surface area (Å²) in [6.45, 7) is -0.126. The number of H-pyrrole nitrogens is 1. The Morgan fingerprint density at radius 3 is 2.82 bits per heavy atom. The highest BCUT2D eigenvalue weighted by Gasteiger charge is 2.13. The predicted octanol–water partition coefficient (Wildman–Crippen LogP) is 4.09. The Bertz CT molecular complexity index is 1210. The van der Waals surface area contributed by atoms with Crippen molar-refractivity contribution in [2.75, 3.05) is 5.32 Å². The van der Waals surface area contributed by atoms with Crippen LogP contribution in [0.4, 0.5) is 10.1 Å². The molecule has 2 N–H and O–H groups in total. The molecular weight excluding hydrogens is 363 g/mol. The van der Waals surface area contributed by atoms with Gasteiger partial charge in [0.2, 0.25) is 11.2 Å². The van der Waals surface area contributed by atoms with E-state index in [2.05, 4.69) is 10.3 Å². The van der Waals surface area contributed by atoms with Crippen LogP contribution in [0.15, 0.2) is 76.3 Å². The van der Waals surface area contributed by atoms with Crippen molar-refractivity contribution in [3.8, 4) is 5.75 Å². The largest absolute Gasteiger partial charge is 0.482 e. The van der Waals surface area contributed by atoms with Crippen LogP contribution < -0.4 is 15.5 Å². The average molecular weight is 378 g/mol. The van der Waals surface area contributed by atoms with Gasteiger partial charge >= 0.3 is 0 Å². The minimum Gasteiger partial charge on any atom is -0.482 e. The summed E-state index contributed by atoms with van der Waals surface area (Å²) in [5, 5.41) is 3.68. The van der Waals surface area contributed by atoms with Crippen LogP contribution in [0.2, 0.25) is 0 Å². The normalized spacial score (nSPS) is 10.8. The van der Waals surface area contributed by atoms with E-state index in [4.69, 9.17) is 9.15 Å². The number of carbonyl (C=O) groups excluding carboxylic acids is 1. The molecule has 2 aromatic carbocycles. The number of aromatic nitrogens is 1. The van der Waals surface area contributed by atoms with Gasteiger partial charge in [0.1, 0.15) is 18.7 Å². The molecule has 0 bridgehead atoms. The number of aromatic amines is 1. The van der Waals surface area contributed by atoms with Crippen molar-refractivity contribution in [2.24, 2.45) is 0 Å². The number of ether oxygens (including phenoxy) is 1. The SMILES string of the molecule is O=C(Nc1ccc2cc[nH]c2c1)c1cc(=O)c(OCc2ccccc2F)co1. The maximum atomic E-state index is 13.6. The van der Waals surface area contributed by atoms with E-state index in [0.717, 1.165) is 23.2 Å². The van der Waals surface area contributed by atoms with Gasteiger partial charge in [0.25, 0.3) is 5.91 Å². The molecule has 0 unspecified atom stereocenters. The molecule has 0 spiro atoms. The van der Waals surface area contributed by atoms with E-state index in [1.807, 2.05) is 12.1 Å². The first-order chi connectivity index (χ1) is 13.6. The van der Waals surface area contributed by atoms with Crippen LogP contribution in [-0.4, -0.2) is 10.9 Å². The smallest absolute Gasteiger partial charge is 0.291 e. The first kappa shape index (κ1) is 17.5. The molecule has 0 atom stereocenters. The summed E-state index contributed by atoms with van der Waals surface area (Å²) in [5.41, 5.74) is 1.20. The third-order valence-electron chi connectivity index (χ3n) is 4.18. The maximum absolute atomic E-state index is 13.6. The maximum Gasteiger partial charge on any atom is 0.291 e. The second-order valence-electron chi connectivity index (χ2n) is 6.09. The van der Waals surface area contributed by atoms with Crippen molar-refractivity contribution >= 4 is 22.5 Å². The highest BCUT2D eigenvalue weighted by atomic mass is 19.1. The predicted molar refractivity (Wildman–Crippen MR) is 102 cm³/mol. The molecule has 0 aliphatic heterocycles. The first-order valence-corrected chi connectivity index (χ1v) is 8.48. The molecule has 2 aromatic heterocycles. The summed E-state index contributed by atoms with van der Waals surface area (Å²) in [7, 11) is 0. The minimum atomic E-state index is -0.566. The number of hydrogen-bond acceptors (Lipinski definition) is 4. The van der Waals surface area contributed by atoms with Crippen LogP contribution in [0.1, 0.15) is 16.1 Å². The second kappa shape index (κ2) is 7.40. The lowest BCUT2D eigenvalue weighted by Gasteiger charge is -2.07. The van der Waals surface area contributed by atoms with Gasteiger partial charge in [-0.25, -0.2) is 4.39 Å². The third kappa shape index (κ3) is 3.64. The van der Waals surface area contributed by atoms with E-state index < -0.39 is 17.2 Å². The summed E-state index contributed by atoms with van der Waals surface area (Å²) in [6.07, 6.45) is 2.85. The molecule has 4 aromatic rings. The van der Waals surface area contributed by atoms with Crippen molar-refractivity contribution in [1.29, 1.82) is 0 Å². The lowest BCUT2D eigenvalue weighted by Crippen LogP contribution is -2.16. The van der Waals surface area contributed by atoms with Gasteiger partial charge in [-0.15, -0.1) is 0 Å². The van der Waals surface area contributed by atoms with Gasteiger partial charge in [-0.3, -0.25) is 9.59 Å². The van der Waals surface area contributed by atoms with E-state index in [-0.39, 0.29) is 18.1 Å². The molecule has 0 saturated heterocycles. The zero-order chi connectivity index (χ0) is 19.5. The van der Waals surface area contributed by atoms with Gasteiger partial charge in [0, 0.05) is 29.0 Å². The van der Waals surface area contributed by atoms with Crippen LogP contribution >= 0.6 is 0 Å². The molecule has 140 valence electrons. The van der Waals surface area contributed by atoms with Crippen molar-refractivity contribution in [2.45, 2.75) is 6.61 Å². The molecule has 6 nitrogen and oxygen atoms in total. The lowest BCUT2D eigenvalue weighted by molar-refractivity contribution is 0.0993. The third-order valence-corrected chi connectivity index (χ3v) is 4.18. The summed E-state index contributed by atoms with van der Waals surface area (Å²) in [5.74, 6) is -1.26. The number of anilines is 1. The van der Waals surface area contributed by atoms with Crippen LogP contribution in [0.5, 0.6) is 5.75 Å². The Balaban J connectivity index is 1.46. The summed E-state index contributed by atoms with van der Waals surface area (Å²) in [6, 6.07) is 14.4. The summed E-state index contributed by atoms with van der Waals surface area (Å²) < 4.78 is 24.1. The van der Waals surface area contributed by atoms with E-state index in [1.165, 1.54) is 6.07 Å². The average Bonchev–Trinajstić information content (AvgIpc) is 3.16. The second-order valence-corrected chi connectivity index (χ2v) is 6.09. The highest BCUT2D eigenvalue weighted by Crippen LogP contribution is 2.18. The Kier molecular flexibility index (Phi) is 4.63. The van der Waals surface area contributed by atoms with Gasteiger partial charge < -0.3 is 19.5 Å². The van der Waals surface area contributed by atoms with Gasteiger partial charge in [-0.2, -0.15) is 0 Å². The fraction of sp³-hybridized carbons (Fsp3) is 0.0476. The topological polar surface area (TPSA) is 84.3 Å². The van der Waals surface area contributed by atoms with Gasteiger partial charge in [-0.05, 0) is 29.7 Å². The van der Waals surface area contributed by atoms with Crippen molar-refractivity contribution in [3.63, 3.8) is 0 Å². The van der Waals surface area contributed by atoms with Crippen molar-refractivity contribution in [1.82, 2.24) is 4.98 Å². The van der Waals surface area contributed by atoms with Crippen LogP contribution in [-0.2, 0) is 6.61 Å². The molecule has 1 amide bonds. The lowest BCUT2D eigenvalue weighted by atomic mass is 10.2. The number of benzene rings is 2. The number of carbonyl (C=O) groups is 1. The van der Waals surface area contributed by atoms with Crippen molar-refractivity contribution in [3.05, 3.63) is 94.4 Å². The van der Waals surface area contributed by atoms with Gasteiger partial charge in [0.15, 0.2) is 5.76 Å². The molecule has 4 rings (SSSR count). The monoisotopic (exact) mass is 378 g/mol. The Hall–Kier alpha value is -3.87. The Morgan fingerprint density at radius 2 is 2.00 bits per heavy atom. The number of amides is 1. The summed E-state index contributed by atoms with van der Waals surface area (Å²) in [4.78, 5) is 27.6. The first-order valence-electron chi connectivity index (χ1n) is 8.48. The number of fused-ring (bicyclic) bond motifs is 1. The van der Waals surface area contributed by atoms with Gasteiger partial charge in [0.05, 0.1) is 0 Å². The van der Waals surface area contributed by atoms with Crippen LogP contribution in [0.3, 0.4) is 0 Å². The van der Waals surface area contributed by atoms with E-state index >= 15 is 0 Å². The number of rotatable bonds is 5. The Morgan fingerprint density at radius 1 is 1.14 bits per heavy atom. The fourth-order valence-corrected chi connectivity index (χ4v) is 2.71. The number of nitrogens with one attached hydrogen (secondary N) is 2. The molecule has 0 saturated carbocycles. The zero-order valence-electron chi connectivity index (χ0n) is 14.6. The van der Waals surface area contributed by atoms with E-state index in [1.54, 1.807) is 36.5 Å². The van der Waals surface area contributed by atoms with Crippen molar-refractivity contribution < 1.29 is 18.3 Å². The van der Waals surface area contributed by atoms with Crippen LogP contribution in [0.25, 0.3) is 10.9 Å². The Labute approximate surface area is 158 Å². The molecule has 28 heavy (non-hydrogen) atoms. The molecule has 0 aliphatic carbocycles. The molecule has 0 aliphatic rings. The molecule has 7 heteroatoms. The zero-order valence-corrected chi connectivity index (χ0v) is 14.6. The standard InChI is InChI=1S/C21H15FN2O4/c22-16-4-2-1-3-14(16)11-27-20-12-28-19(10-18(20)25)21(26)24-15-6-5-13-7-8-23-17(13)9-15/h1-10,12,23H,11H2,(H,24,26). The van der Waals surface area contributed by atoms with E-state index in [0.29, 0.717) is 11.3 Å². The molecule has 2 heterocycles. The minimum absolute atomic E-state index is 0.104. The highest BCUT2D eigenvalue weighted by molar-refractivity contribution is 6.03.